The maximum Gasteiger partial charge on any atom is 0.280 e. The van der Waals surface area contributed by atoms with Gasteiger partial charge in [-0.2, -0.15) is 5.10 Å². The van der Waals surface area contributed by atoms with E-state index in [-0.39, 0.29) is 23.4 Å². The number of halogens is 1. The van der Waals surface area contributed by atoms with Crippen LogP contribution >= 0.6 is 11.6 Å². The van der Waals surface area contributed by atoms with Crippen molar-refractivity contribution >= 4 is 34.2 Å². The highest BCUT2D eigenvalue weighted by Gasteiger charge is 2.33. The zero-order chi connectivity index (χ0) is 24.0. The van der Waals surface area contributed by atoms with Crippen molar-refractivity contribution in [1.82, 2.24) is 14.9 Å². The van der Waals surface area contributed by atoms with Gasteiger partial charge in [-0.25, -0.2) is 4.68 Å². The number of methoxy groups -OCH3 is 1. The molecule has 1 aliphatic rings. The van der Waals surface area contributed by atoms with Crippen LogP contribution in [0.3, 0.4) is 0 Å². The lowest BCUT2D eigenvalue weighted by atomic mass is 10.1. The number of fused-ring (bicyclic) bond motifs is 1. The van der Waals surface area contributed by atoms with Crippen molar-refractivity contribution in [2.24, 2.45) is 0 Å². The maximum absolute atomic E-state index is 13.7. The molecule has 9 heteroatoms. The van der Waals surface area contributed by atoms with Crippen LogP contribution in [0, 0.1) is 0 Å². The molecular formula is C25H23ClN4O4. The molecular weight excluding hydrogens is 456 g/mol. The Morgan fingerprint density at radius 2 is 1.97 bits per heavy atom. The van der Waals surface area contributed by atoms with Crippen LogP contribution < -0.4 is 15.6 Å². The third kappa shape index (κ3) is 3.94. The van der Waals surface area contributed by atoms with E-state index in [1.165, 1.54) is 11.6 Å². The number of rotatable bonds is 6. The molecule has 1 saturated carbocycles. The SMILES string of the molecule is COc1ccc(NC(C)=O)cc1-c1nn(C(C)c2ccc(Cl)cc2)c(=O)c2c(C3CC3)noc12. The topological polar surface area (TPSA) is 99.2 Å². The lowest BCUT2D eigenvalue weighted by molar-refractivity contribution is -0.114. The molecule has 2 aromatic carbocycles. The maximum atomic E-state index is 13.7. The first-order valence-electron chi connectivity index (χ1n) is 11.0. The summed E-state index contributed by atoms with van der Waals surface area (Å²) in [5, 5.41) is 12.8. The van der Waals surface area contributed by atoms with E-state index in [1.54, 1.807) is 37.4 Å². The Labute approximate surface area is 200 Å². The minimum atomic E-state index is -0.376. The van der Waals surface area contributed by atoms with E-state index in [4.69, 9.17) is 26.0 Å². The summed E-state index contributed by atoms with van der Waals surface area (Å²) in [5.74, 6) is 0.527. The van der Waals surface area contributed by atoms with Crippen LogP contribution in [0.15, 0.2) is 51.8 Å². The van der Waals surface area contributed by atoms with E-state index in [2.05, 4.69) is 10.5 Å². The van der Waals surface area contributed by atoms with Gasteiger partial charge in [-0.05, 0) is 55.7 Å². The van der Waals surface area contributed by atoms with Gasteiger partial charge in [0, 0.05) is 23.6 Å². The number of anilines is 1. The zero-order valence-electron chi connectivity index (χ0n) is 19.0. The molecule has 1 atom stereocenters. The number of benzene rings is 2. The molecule has 0 saturated heterocycles. The Hall–Kier alpha value is -3.65. The highest BCUT2D eigenvalue weighted by Crippen LogP contribution is 2.43. The van der Waals surface area contributed by atoms with E-state index in [0.29, 0.717) is 44.4 Å². The molecule has 1 unspecified atom stereocenters. The first-order chi connectivity index (χ1) is 16.4. The standard InChI is InChI=1S/C25H23ClN4O4/c1-13(15-6-8-17(26)9-7-15)30-25(32)21-22(16-4-5-16)29-34-24(21)23(28-30)19-12-18(27-14(2)31)10-11-20(19)33-3/h6-13,16H,4-5H2,1-3H3,(H,27,31). The fourth-order valence-corrected chi connectivity index (χ4v) is 4.24. The number of nitrogens with zero attached hydrogens (tertiary/aromatic N) is 3. The minimum Gasteiger partial charge on any atom is -0.496 e. The molecule has 2 aromatic heterocycles. The Bertz CT molecular complexity index is 1450. The van der Waals surface area contributed by atoms with Crippen molar-refractivity contribution in [3.63, 3.8) is 0 Å². The van der Waals surface area contributed by atoms with E-state index >= 15 is 0 Å². The molecule has 5 rings (SSSR count). The fourth-order valence-electron chi connectivity index (χ4n) is 4.11. The molecule has 34 heavy (non-hydrogen) atoms. The molecule has 0 radical (unpaired) electrons. The number of ether oxygens (including phenoxy) is 1. The Morgan fingerprint density at radius 1 is 1.24 bits per heavy atom. The number of carbonyl (C=O) groups excluding carboxylic acids is 1. The third-order valence-electron chi connectivity index (χ3n) is 6.02. The van der Waals surface area contributed by atoms with Crippen LogP contribution in [-0.2, 0) is 4.79 Å². The summed E-state index contributed by atoms with van der Waals surface area (Å²) in [7, 11) is 1.55. The summed E-state index contributed by atoms with van der Waals surface area (Å²) in [6.07, 6.45) is 1.93. The van der Waals surface area contributed by atoms with Crippen LogP contribution in [-0.4, -0.2) is 28.0 Å². The monoisotopic (exact) mass is 478 g/mol. The van der Waals surface area contributed by atoms with Gasteiger partial charge in [0.2, 0.25) is 11.5 Å². The normalized spacial score (nSPS) is 14.2. The van der Waals surface area contributed by atoms with Gasteiger partial charge in [0.15, 0.2) is 0 Å². The van der Waals surface area contributed by atoms with Gasteiger partial charge in [0.05, 0.1) is 18.7 Å². The van der Waals surface area contributed by atoms with Crippen molar-refractivity contribution in [3.05, 3.63) is 69.1 Å². The summed E-state index contributed by atoms with van der Waals surface area (Å²) in [6.45, 7) is 3.34. The molecule has 174 valence electrons. The largest absolute Gasteiger partial charge is 0.496 e. The third-order valence-corrected chi connectivity index (χ3v) is 6.27. The first-order valence-corrected chi connectivity index (χ1v) is 11.4. The lowest BCUT2D eigenvalue weighted by Gasteiger charge is -2.17. The second-order valence-corrected chi connectivity index (χ2v) is 8.90. The predicted molar refractivity (Wildman–Crippen MR) is 130 cm³/mol. The zero-order valence-corrected chi connectivity index (χ0v) is 19.7. The second-order valence-electron chi connectivity index (χ2n) is 8.47. The van der Waals surface area contributed by atoms with Crippen LogP contribution in [0.1, 0.15) is 49.9 Å². The Balaban J connectivity index is 1.77. The van der Waals surface area contributed by atoms with Crippen LogP contribution in [0.2, 0.25) is 5.02 Å². The molecule has 0 bridgehead atoms. The van der Waals surface area contributed by atoms with Gasteiger partial charge in [-0.1, -0.05) is 28.9 Å². The average Bonchev–Trinajstić information content (AvgIpc) is 3.57. The molecule has 0 aliphatic heterocycles. The molecule has 0 spiro atoms. The highest BCUT2D eigenvalue weighted by molar-refractivity contribution is 6.30. The fraction of sp³-hybridized carbons (Fsp3) is 0.280. The molecule has 1 fully saturated rings. The van der Waals surface area contributed by atoms with Crippen molar-refractivity contribution in [2.75, 3.05) is 12.4 Å². The quantitative estimate of drug-likeness (QED) is 0.411. The van der Waals surface area contributed by atoms with Gasteiger partial charge in [0.1, 0.15) is 22.5 Å². The summed E-state index contributed by atoms with van der Waals surface area (Å²) in [4.78, 5) is 25.3. The van der Waals surface area contributed by atoms with Crippen molar-refractivity contribution in [3.8, 4) is 17.0 Å². The smallest absolute Gasteiger partial charge is 0.280 e. The summed E-state index contributed by atoms with van der Waals surface area (Å²) in [5.41, 5.74) is 3.16. The summed E-state index contributed by atoms with van der Waals surface area (Å²) >= 11 is 6.06. The van der Waals surface area contributed by atoms with Gasteiger partial charge in [0.25, 0.3) is 5.56 Å². The predicted octanol–water partition coefficient (Wildman–Crippen LogP) is 5.16. The number of amides is 1. The van der Waals surface area contributed by atoms with Crippen LogP contribution in [0.25, 0.3) is 22.2 Å². The van der Waals surface area contributed by atoms with Gasteiger partial charge < -0.3 is 14.6 Å². The number of hydrogen-bond donors (Lipinski definition) is 1. The van der Waals surface area contributed by atoms with Crippen molar-refractivity contribution < 1.29 is 14.1 Å². The molecule has 2 heterocycles. The first kappa shape index (κ1) is 22.2. The number of carbonyl (C=O) groups is 1. The molecule has 1 aliphatic carbocycles. The van der Waals surface area contributed by atoms with Crippen molar-refractivity contribution in [1.29, 1.82) is 0 Å². The number of nitrogens with one attached hydrogen (secondary N) is 1. The Kier molecular flexibility index (Phi) is 5.61. The molecule has 8 nitrogen and oxygen atoms in total. The van der Waals surface area contributed by atoms with Crippen LogP contribution in [0.4, 0.5) is 5.69 Å². The summed E-state index contributed by atoms with van der Waals surface area (Å²) in [6, 6.07) is 12.2. The number of hydrogen-bond acceptors (Lipinski definition) is 6. The van der Waals surface area contributed by atoms with E-state index < -0.39 is 0 Å². The summed E-state index contributed by atoms with van der Waals surface area (Å²) < 4.78 is 12.7. The Morgan fingerprint density at radius 3 is 2.62 bits per heavy atom. The minimum absolute atomic E-state index is 0.203. The average molecular weight is 479 g/mol. The highest BCUT2D eigenvalue weighted by atomic mass is 35.5. The number of aromatic nitrogens is 3. The van der Waals surface area contributed by atoms with Gasteiger partial charge >= 0.3 is 0 Å². The van der Waals surface area contributed by atoms with Crippen molar-refractivity contribution in [2.45, 2.75) is 38.6 Å². The van der Waals surface area contributed by atoms with Gasteiger partial charge in [-0.3, -0.25) is 9.59 Å². The van der Waals surface area contributed by atoms with E-state index in [1.807, 2.05) is 19.1 Å². The molecule has 1 N–H and O–H groups in total. The van der Waals surface area contributed by atoms with E-state index in [0.717, 1.165) is 18.4 Å². The molecule has 4 aromatic rings. The second kappa shape index (κ2) is 8.61. The molecule has 1 amide bonds. The lowest BCUT2D eigenvalue weighted by Crippen LogP contribution is -2.27. The van der Waals surface area contributed by atoms with E-state index in [9.17, 15) is 9.59 Å². The van der Waals surface area contributed by atoms with Crippen LogP contribution in [0.5, 0.6) is 5.75 Å². The van der Waals surface area contributed by atoms with Gasteiger partial charge in [-0.15, -0.1) is 0 Å².